The number of ether oxygens (including phenoxy) is 1. The molecule has 8 heteroatoms. The molecular formula is C13H12N2O5S. The van der Waals surface area contributed by atoms with Gasteiger partial charge in [0.2, 0.25) is 0 Å². The third-order valence-corrected chi connectivity index (χ3v) is 4.18. The van der Waals surface area contributed by atoms with Crippen molar-refractivity contribution in [2.24, 2.45) is 0 Å². The van der Waals surface area contributed by atoms with E-state index in [2.05, 4.69) is 10.3 Å². The van der Waals surface area contributed by atoms with Crippen molar-refractivity contribution in [2.45, 2.75) is 12.0 Å². The Morgan fingerprint density at radius 2 is 2.33 bits per heavy atom. The van der Waals surface area contributed by atoms with Crippen molar-refractivity contribution in [3.05, 3.63) is 29.7 Å². The number of carbonyl (C=O) groups is 2. The van der Waals surface area contributed by atoms with Gasteiger partial charge in [0.25, 0.3) is 5.91 Å². The number of hydrogen-bond donors (Lipinski definition) is 2. The maximum atomic E-state index is 12.2. The van der Waals surface area contributed by atoms with E-state index in [0.717, 1.165) is 5.56 Å². The van der Waals surface area contributed by atoms with Gasteiger partial charge in [0, 0.05) is 24.0 Å². The first-order chi connectivity index (χ1) is 10.1. The standard InChI is InChI=1S/C13H12N2O5S/c16-10(15-13(12(17)18)2-4-20-7-13)9-6-21-11(14-9)8-1-3-19-5-8/h1,3,5-6H,2,4,7H2,(H,15,16)(H,17,18). The lowest BCUT2D eigenvalue weighted by Crippen LogP contribution is -2.55. The SMILES string of the molecule is O=C(NC1(C(=O)O)CCOC1)c1csc(-c2ccoc2)n1. The van der Waals surface area contributed by atoms with Gasteiger partial charge in [-0.05, 0) is 6.07 Å². The molecule has 0 aromatic carbocycles. The van der Waals surface area contributed by atoms with Crippen LogP contribution in [0.3, 0.4) is 0 Å². The molecule has 2 aromatic rings. The van der Waals surface area contributed by atoms with Crippen LogP contribution >= 0.6 is 11.3 Å². The molecule has 0 radical (unpaired) electrons. The number of aromatic nitrogens is 1. The zero-order valence-corrected chi connectivity index (χ0v) is 11.7. The summed E-state index contributed by atoms with van der Waals surface area (Å²) in [7, 11) is 0. The lowest BCUT2D eigenvalue weighted by Gasteiger charge is -2.22. The van der Waals surface area contributed by atoms with Crippen molar-refractivity contribution < 1.29 is 23.8 Å². The zero-order chi connectivity index (χ0) is 14.9. The molecule has 1 aliphatic heterocycles. The minimum atomic E-state index is -1.36. The summed E-state index contributed by atoms with van der Waals surface area (Å²) in [6, 6.07) is 1.74. The number of carboxylic acid groups (broad SMARTS) is 1. The predicted octanol–water partition coefficient (Wildman–Crippen LogP) is 1.38. The van der Waals surface area contributed by atoms with Crippen LogP contribution in [-0.2, 0) is 9.53 Å². The summed E-state index contributed by atoms with van der Waals surface area (Å²) in [5, 5.41) is 14.0. The number of carbonyl (C=O) groups excluding carboxylic acids is 1. The van der Waals surface area contributed by atoms with Crippen LogP contribution in [0.1, 0.15) is 16.9 Å². The molecule has 1 saturated heterocycles. The quantitative estimate of drug-likeness (QED) is 0.884. The smallest absolute Gasteiger partial charge is 0.331 e. The molecule has 2 N–H and O–H groups in total. The highest BCUT2D eigenvalue weighted by molar-refractivity contribution is 7.13. The summed E-state index contributed by atoms with van der Waals surface area (Å²) in [4.78, 5) is 27.7. The van der Waals surface area contributed by atoms with Gasteiger partial charge in [0.15, 0.2) is 5.54 Å². The van der Waals surface area contributed by atoms with E-state index in [1.807, 2.05) is 0 Å². The first kappa shape index (κ1) is 13.8. The highest BCUT2D eigenvalue weighted by Gasteiger charge is 2.44. The van der Waals surface area contributed by atoms with E-state index in [1.165, 1.54) is 23.9 Å². The highest BCUT2D eigenvalue weighted by atomic mass is 32.1. The molecule has 0 bridgehead atoms. The van der Waals surface area contributed by atoms with Crippen LogP contribution in [-0.4, -0.2) is 40.7 Å². The number of hydrogen-bond acceptors (Lipinski definition) is 6. The van der Waals surface area contributed by atoms with Gasteiger partial charge in [-0.1, -0.05) is 0 Å². The summed E-state index contributed by atoms with van der Waals surface area (Å²) in [6.45, 7) is 0.275. The van der Waals surface area contributed by atoms with E-state index in [4.69, 9.17) is 9.15 Å². The van der Waals surface area contributed by atoms with Crippen LogP contribution in [0.25, 0.3) is 10.6 Å². The van der Waals surface area contributed by atoms with E-state index < -0.39 is 17.4 Å². The molecule has 21 heavy (non-hydrogen) atoms. The largest absolute Gasteiger partial charge is 0.479 e. The fourth-order valence-corrected chi connectivity index (χ4v) is 2.85. The van der Waals surface area contributed by atoms with Crippen LogP contribution in [0.2, 0.25) is 0 Å². The molecule has 110 valence electrons. The van der Waals surface area contributed by atoms with Gasteiger partial charge < -0.3 is 19.6 Å². The lowest BCUT2D eigenvalue weighted by atomic mass is 9.99. The average molecular weight is 308 g/mol. The molecule has 7 nitrogen and oxygen atoms in total. The summed E-state index contributed by atoms with van der Waals surface area (Å²) in [6.07, 6.45) is 3.29. The topological polar surface area (TPSA) is 102 Å². The Balaban J connectivity index is 1.78. The molecule has 1 aliphatic rings. The first-order valence-corrected chi connectivity index (χ1v) is 7.10. The predicted molar refractivity (Wildman–Crippen MR) is 73.1 cm³/mol. The Hall–Kier alpha value is -2.19. The maximum absolute atomic E-state index is 12.2. The van der Waals surface area contributed by atoms with Crippen molar-refractivity contribution in [3.63, 3.8) is 0 Å². The summed E-state index contributed by atoms with van der Waals surface area (Å²) in [5.74, 6) is -1.62. The van der Waals surface area contributed by atoms with E-state index in [9.17, 15) is 14.7 Å². The van der Waals surface area contributed by atoms with Crippen molar-refractivity contribution in [2.75, 3.05) is 13.2 Å². The van der Waals surface area contributed by atoms with Gasteiger partial charge in [-0.3, -0.25) is 4.79 Å². The van der Waals surface area contributed by atoms with E-state index >= 15 is 0 Å². The highest BCUT2D eigenvalue weighted by Crippen LogP contribution is 2.25. The molecule has 2 aromatic heterocycles. The lowest BCUT2D eigenvalue weighted by molar-refractivity contribution is -0.144. The number of thiazole rings is 1. The third kappa shape index (κ3) is 2.55. The molecule has 3 rings (SSSR count). The molecule has 0 saturated carbocycles. The normalized spacial score (nSPS) is 21.3. The Kier molecular flexibility index (Phi) is 3.48. The molecule has 1 atom stereocenters. The Bertz CT molecular complexity index is 658. The monoisotopic (exact) mass is 308 g/mol. The number of carboxylic acids is 1. The molecule has 3 heterocycles. The van der Waals surface area contributed by atoms with E-state index in [1.54, 1.807) is 11.4 Å². The third-order valence-electron chi connectivity index (χ3n) is 3.29. The molecule has 1 unspecified atom stereocenters. The Morgan fingerprint density at radius 1 is 1.48 bits per heavy atom. The fraction of sp³-hybridized carbons (Fsp3) is 0.308. The summed E-state index contributed by atoms with van der Waals surface area (Å²) >= 11 is 1.29. The number of nitrogens with zero attached hydrogens (tertiary/aromatic N) is 1. The summed E-state index contributed by atoms with van der Waals surface area (Å²) < 4.78 is 10.1. The van der Waals surface area contributed by atoms with Gasteiger partial charge in [0.05, 0.1) is 12.9 Å². The van der Waals surface area contributed by atoms with Crippen molar-refractivity contribution >= 4 is 23.2 Å². The molecule has 1 fully saturated rings. The van der Waals surface area contributed by atoms with Crippen molar-refractivity contribution in [1.29, 1.82) is 0 Å². The van der Waals surface area contributed by atoms with Crippen molar-refractivity contribution in [3.8, 4) is 10.6 Å². The Morgan fingerprint density at radius 3 is 2.95 bits per heavy atom. The molecule has 1 amide bonds. The second-order valence-electron chi connectivity index (χ2n) is 4.69. The number of aliphatic carboxylic acids is 1. The number of amides is 1. The van der Waals surface area contributed by atoms with Crippen LogP contribution in [0, 0.1) is 0 Å². The minimum absolute atomic E-state index is 0.0349. The van der Waals surface area contributed by atoms with Gasteiger partial charge in [-0.25, -0.2) is 9.78 Å². The van der Waals surface area contributed by atoms with Gasteiger partial charge in [0.1, 0.15) is 17.0 Å². The van der Waals surface area contributed by atoms with Gasteiger partial charge in [-0.2, -0.15) is 0 Å². The van der Waals surface area contributed by atoms with Crippen LogP contribution < -0.4 is 5.32 Å². The average Bonchev–Trinajstić information content (AvgIpc) is 3.20. The minimum Gasteiger partial charge on any atom is -0.479 e. The zero-order valence-electron chi connectivity index (χ0n) is 10.9. The van der Waals surface area contributed by atoms with E-state index in [-0.39, 0.29) is 18.7 Å². The van der Waals surface area contributed by atoms with Crippen LogP contribution in [0.15, 0.2) is 28.4 Å². The molecular weight excluding hydrogens is 296 g/mol. The van der Waals surface area contributed by atoms with Crippen LogP contribution in [0.5, 0.6) is 0 Å². The molecule has 0 spiro atoms. The van der Waals surface area contributed by atoms with E-state index in [0.29, 0.717) is 11.6 Å². The maximum Gasteiger partial charge on any atom is 0.331 e. The fourth-order valence-electron chi connectivity index (χ4n) is 2.06. The van der Waals surface area contributed by atoms with Crippen LogP contribution in [0.4, 0.5) is 0 Å². The summed E-state index contributed by atoms with van der Waals surface area (Å²) in [5.41, 5.74) is -0.406. The first-order valence-electron chi connectivity index (χ1n) is 6.22. The number of nitrogens with one attached hydrogen (secondary N) is 1. The Labute approximate surface area is 123 Å². The second-order valence-corrected chi connectivity index (χ2v) is 5.55. The number of furan rings is 1. The molecule has 0 aliphatic carbocycles. The van der Waals surface area contributed by atoms with Gasteiger partial charge in [-0.15, -0.1) is 11.3 Å². The number of rotatable bonds is 4. The van der Waals surface area contributed by atoms with Gasteiger partial charge >= 0.3 is 5.97 Å². The second kappa shape index (κ2) is 5.30. The van der Waals surface area contributed by atoms with Crippen molar-refractivity contribution in [1.82, 2.24) is 10.3 Å².